The number of carbonyl (C=O) groups excluding carboxylic acids is 1. The highest BCUT2D eigenvalue weighted by atomic mass is 32.2. The Morgan fingerprint density at radius 3 is 2.20 bits per heavy atom. The van der Waals surface area contributed by atoms with Gasteiger partial charge in [0.1, 0.15) is 23.0 Å². The average molecular weight is 509 g/mol. The first-order chi connectivity index (χ1) is 16.8. The largest absolute Gasteiger partial charge is 0.496 e. The molecule has 0 saturated carbocycles. The predicted octanol–water partition coefficient (Wildman–Crippen LogP) is 2.96. The van der Waals surface area contributed by atoms with Gasteiger partial charge in [0, 0.05) is 30.6 Å². The van der Waals surface area contributed by atoms with Crippen LogP contribution in [-0.4, -0.2) is 56.1 Å². The number of rotatable bonds is 14. The van der Waals surface area contributed by atoms with Gasteiger partial charge in [0.25, 0.3) is 0 Å². The first-order valence-corrected chi connectivity index (χ1v) is 12.4. The fourth-order valence-electron chi connectivity index (χ4n) is 3.22. The van der Waals surface area contributed by atoms with Crippen LogP contribution in [0.1, 0.15) is 24.0 Å². The van der Waals surface area contributed by atoms with Gasteiger partial charge in [-0.05, 0) is 30.2 Å². The normalized spacial score (nSPS) is 11.3. The van der Waals surface area contributed by atoms with E-state index in [0.29, 0.717) is 52.8 Å². The van der Waals surface area contributed by atoms with E-state index in [4.69, 9.17) is 29.4 Å². The quantitative estimate of drug-likeness (QED) is 0.292. The van der Waals surface area contributed by atoms with Crippen molar-refractivity contribution in [3.05, 3.63) is 46.9 Å². The first-order valence-electron chi connectivity index (χ1n) is 10.7. The van der Waals surface area contributed by atoms with Crippen molar-refractivity contribution < 1.29 is 36.9 Å². The molecule has 0 bridgehead atoms. The van der Waals surface area contributed by atoms with Gasteiger partial charge in [-0.15, -0.1) is 0 Å². The molecule has 0 saturated heterocycles. The van der Waals surface area contributed by atoms with Crippen LogP contribution in [0.15, 0.2) is 35.7 Å². The second-order valence-corrected chi connectivity index (χ2v) is 9.20. The fourth-order valence-corrected chi connectivity index (χ4v) is 4.31. The van der Waals surface area contributed by atoms with Crippen LogP contribution >= 0.6 is 0 Å². The molecule has 1 amide bonds. The molecule has 0 unspecified atom stereocenters. The van der Waals surface area contributed by atoms with E-state index in [9.17, 15) is 13.2 Å². The van der Waals surface area contributed by atoms with Crippen LogP contribution in [0.5, 0.6) is 23.0 Å². The van der Waals surface area contributed by atoms with E-state index >= 15 is 0 Å². The lowest BCUT2D eigenvalue weighted by Crippen LogP contribution is -2.14. The Labute approximate surface area is 205 Å². The fraction of sp³-hybridized carbons (Fsp3) is 0.375. The van der Waals surface area contributed by atoms with Crippen molar-refractivity contribution >= 4 is 27.5 Å². The maximum atomic E-state index is 12.9. The highest BCUT2D eigenvalue weighted by Crippen LogP contribution is 2.35. The summed E-state index contributed by atoms with van der Waals surface area (Å²) in [6.45, 7) is 0.466. The Kier molecular flexibility index (Phi) is 10.8. The van der Waals surface area contributed by atoms with E-state index in [0.717, 1.165) is 5.41 Å². The topological polar surface area (TPSA) is 135 Å². The number of sulfone groups is 1. The molecule has 3 N–H and O–H groups in total. The van der Waals surface area contributed by atoms with Gasteiger partial charge in [-0.3, -0.25) is 4.79 Å². The number of hydrogen-bond acceptors (Lipinski definition) is 9. The van der Waals surface area contributed by atoms with Crippen LogP contribution in [-0.2, 0) is 25.1 Å². The lowest BCUT2D eigenvalue weighted by Gasteiger charge is -2.13. The van der Waals surface area contributed by atoms with Gasteiger partial charge in [0.2, 0.25) is 5.91 Å². The Hall–Kier alpha value is -3.28. The molecule has 2 aromatic carbocycles. The van der Waals surface area contributed by atoms with Gasteiger partial charge in [-0.2, -0.15) is 0 Å². The second kappa shape index (κ2) is 13.6. The summed E-state index contributed by atoms with van der Waals surface area (Å²) in [5.74, 6) is 1.20. The van der Waals surface area contributed by atoms with Crippen LogP contribution in [0.2, 0.25) is 0 Å². The molecule has 0 atom stereocenters. The Bertz CT molecular complexity index is 1110. The van der Waals surface area contributed by atoms with Gasteiger partial charge in [-0.25, -0.2) is 8.42 Å². The van der Waals surface area contributed by atoms with Crippen molar-refractivity contribution in [3.8, 4) is 23.0 Å². The molecule has 192 valence electrons. The Balaban J connectivity index is 2.21. The van der Waals surface area contributed by atoms with E-state index in [-0.39, 0.29) is 24.8 Å². The molecule has 0 aliphatic heterocycles. The maximum absolute atomic E-state index is 12.9. The van der Waals surface area contributed by atoms with Crippen molar-refractivity contribution in [1.82, 2.24) is 0 Å². The molecule has 0 aliphatic rings. The molecule has 0 aromatic heterocycles. The summed E-state index contributed by atoms with van der Waals surface area (Å²) in [5.41, 5.74) is 6.58. The number of benzene rings is 2. The summed E-state index contributed by atoms with van der Waals surface area (Å²) in [6, 6.07) is 8.08. The summed E-state index contributed by atoms with van der Waals surface area (Å²) in [7, 11) is 2.23. The zero-order chi connectivity index (χ0) is 25.8. The lowest BCUT2D eigenvalue weighted by atomic mass is 10.1. The SMILES string of the molecule is COc1cc(OC)c(/C=C/S(=O)(=O)Cc2ccc(OC)c(NC(=O)CCCOCN)c2)c(OC)c1. The summed E-state index contributed by atoms with van der Waals surface area (Å²) in [6.07, 6.45) is 2.14. The molecule has 2 rings (SSSR count). The van der Waals surface area contributed by atoms with Crippen molar-refractivity contribution in [1.29, 1.82) is 0 Å². The highest BCUT2D eigenvalue weighted by molar-refractivity contribution is 7.93. The van der Waals surface area contributed by atoms with Crippen molar-refractivity contribution in [2.24, 2.45) is 5.73 Å². The molecule has 0 spiro atoms. The van der Waals surface area contributed by atoms with Crippen molar-refractivity contribution in [2.45, 2.75) is 18.6 Å². The van der Waals surface area contributed by atoms with Crippen molar-refractivity contribution in [3.63, 3.8) is 0 Å². The summed E-state index contributed by atoms with van der Waals surface area (Å²) >= 11 is 0. The third-order valence-corrected chi connectivity index (χ3v) is 6.20. The molecule has 2 aromatic rings. The summed E-state index contributed by atoms with van der Waals surface area (Å²) in [4.78, 5) is 12.3. The minimum atomic E-state index is -3.69. The number of amides is 1. The Morgan fingerprint density at radius 1 is 0.971 bits per heavy atom. The molecule has 0 fully saturated rings. The van der Waals surface area contributed by atoms with Crippen LogP contribution in [0.4, 0.5) is 5.69 Å². The van der Waals surface area contributed by atoms with Crippen LogP contribution in [0, 0.1) is 0 Å². The standard InChI is InChI=1S/C24H32N2O8S/c1-30-18-13-22(32-3)19(23(14-18)33-4)9-11-35(28,29)15-17-7-8-21(31-2)20(12-17)26-24(27)6-5-10-34-16-25/h7-9,11-14H,5-6,10,15-16,25H2,1-4H3,(H,26,27)/b11-9+. The monoisotopic (exact) mass is 508 g/mol. The highest BCUT2D eigenvalue weighted by Gasteiger charge is 2.15. The molecule has 0 radical (unpaired) electrons. The first kappa shape index (κ1) is 28.0. The van der Waals surface area contributed by atoms with Gasteiger partial charge in [0.05, 0.1) is 52.2 Å². The maximum Gasteiger partial charge on any atom is 0.224 e. The third kappa shape index (κ3) is 8.46. The molecule has 0 heterocycles. The summed E-state index contributed by atoms with van der Waals surface area (Å²) in [5, 5.41) is 3.85. The van der Waals surface area contributed by atoms with Gasteiger partial charge < -0.3 is 34.7 Å². The van der Waals surface area contributed by atoms with Gasteiger partial charge >= 0.3 is 0 Å². The third-order valence-electron chi connectivity index (χ3n) is 4.91. The van der Waals surface area contributed by atoms with Gasteiger partial charge in [-0.1, -0.05) is 6.07 Å². The van der Waals surface area contributed by atoms with E-state index in [1.165, 1.54) is 34.5 Å². The van der Waals surface area contributed by atoms with Gasteiger partial charge in [0.15, 0.2) is 9.84 Å². The number of nitrogens with one attached hydrogen (secondary N) is 1. The van der Waals surface area contributed by atoms with E-state index < -0.39 is 9.84 Å². The Morgan fingerprint density at radius 2 is 1.63 bits per heavy atom. The van der Waals surface area contributed by atoms with E-state index in [1.807, 2.05) is 0 Å². The van der Waals surface area contributed by atoms with E-state index in [2.05, 4.69) is 5.32 Å². The minimum Gasteiger partial charge on any atom is -0.496 e. The summed E-state index contributed by atoms with van der Waals surface area (Å²) < 4.78 is 52.0. The zero-order valence-corrected chi connectivity index (χ0v) is 21.1. The van der Waals surface area contributed by atoms with Crippen LogP contribution in [0.3, 0.4) is 0 Å². The number of nitrogens with two attached hydrogens (primary N) is 1. The average Bonchev–Trinajstić information content (AvgIpc) is 2.84. The van der Waals surface area contributed by atoms with E-state index in [1.54, 1.807) is 30.3 Å². The molecular weight excluding hydrogens is 476 g/mol. The molecule has 10 nitrogen and oxygen atoms in total. The molecular formula is C24H32N2O8S. The van der Waals surface area contributed by atoms with Crippen LogP contribution < -0.4 is 30.0 Å². The lowest BCUT2D eigenvalue weighted by molar-refractivity contribution is -0.116. The number of carbonyl (C=O) groups is 1. The van der Waals surface area contributed by atoms with Crippen molar-refractivity contribution in [2.75, 3.05) is 47.1 Å². The molecule has 0 aliphatic carbocycles. The minimum absolute atomic E-state index is 0.0957. The molecule has 35 heavy (non-hydrogen) atoms. The second-order valence-electron chi connectivity index (χ2n) is 7.32. The number of methoxy groups -OCH3 is 4. The number of hydrogen-bond donors (Lipinski definition) is 2. The van der Waals surface area contributed by atoms with Crippen LogP contribution in [0.25, 0.3) is 6.08 Å². The smallest absolute Gasteiger partial charge is 0.224 e. The number of anilines is 1. The molecule has 11 heteroatoms. The number of ether oxygens (including phenoxy) is 5. The zero-order valence-electron chi connectivity index (χ0n) is 20.3. The predicted molar refractivity (Wildman–Crippen MR) is 134 cm³/mol.